The first-order valence-electron chi connectivity index (χ1n) is 7.92. The summed E-state index contributed by atoms with van der Waals surface area (Å²) >= 11 is 12.4. The summed E-state index contributed by atoms with van der Waals surface area (Å²) in [6.45, 7) is 3.89. The van der Waals surface area contributed by atoms with Crippen molar-refractivity contribution in [2.75, 3.05) is 13.7 Å². The Hall–Kier alpha value is -2.76. The average molecular weight is 404 g/mol. The standard InChI is InChI=1S/C20H15Cl2NO4/c1-3-8-26-18-15(22)9-12(11-17(18)25-2)10-16-20(24)27-19(23-16)13-6-4-5-7-14(13)21/h3-7,9-11H,1,8H2,2H3/b16-10+. The highest BCUT2D eigenvalue weighted by atomic mass is 35.5. The van der Waals surface area contributed by atoms with Crippen molar-refractivity contribution in [2.45, 2.75) is 0 Å². The highest BCUT2D eigenvalue weighted by molar-refractivity contribution is 6.34. The number of methoxy groups -OCH3 is 1. The van der Waals surface area contributed by atoms with E-state index in [1.165, 1.54) is 7.11 Å². The van der Waals surface area contributed by atoms with E-state index in [-0.39, 0.29) is 18.2 Å². The van der Waals surface area contributed by atoms with Crippen LogP contribution in [0.2, 0.25) is 10.0 Å². The second-order valence-electron chi connectivity index (χ2n) is 5.45. The lowest BCUT2D eigenvalue weighted by Crippen LogP contribution is -2.05. The third-order valence-electron chi connectivity index (χ3n) is 3.63. The monoisotopic (exact) mass is 403 g/mol. The summed E-state index contributed by atoms with van der Waals surface area (Å²) in [5.74, 6) is 0.404. The smallest absolute Gasteiger partial charge is 0.363 e. The van der Waals surface area contributed by atoms with Crippen molar-refractivity contribution in [3.05, 3.63) is 75.9 Å². The second-order valence-corrected chi connectivity index (χ2v) is 6.26. The van der Waals surface area contributed by atoms with Crippen LogP contribution in [0.5, 0.6) is 11.5 Å². The van der Waals surface area contributed by atoms with Gasteiger partial charge in [-0.1, -0.05) is 48.0 Å². The summed E-state index contributed by atoms with van der Waals surface area (Å²) in [5, 5.41) is 0.781. The Labute approximate surface area is 166 Å². The van der Waals surface area contributed by atoms with Crippen molar-refractivity contribution in [2.24, 2.45) is 4.99 Å². The SMILES string of the molecule is C=CCOc1c(Cl)cc(/C=C2/N=C(c3ccccc3Cl)OC2=O)cc1OC. The maximum absolute atomic E-state index is 12.2. The minimum absolute atomic E-state index is 0.128. The number of hydrogen-bond donors (Lipinski definition) is 0. The lowest BCUT2D eigenvalue weighted by Gasteiger charge is -2.12. The molecule has 0 unspecified atom stereocenters. The highest BCUT2D eigenvalue weighted by Gasteiger charge is 2.25. The number of benzene rings is 2. The third-order valence-corrected chi connectivity index (χ3v) is 4.24. The van der Waals surface area contributed by atoms with Gasteiger partial charge in [0, 0.05) is 0 Å². The van der Waals surface area contributed by atoms with Crippen molar-refractivity contribution >= 4 is 41.1 Å². The Morgan fingerprint density at radius 2 is 2.00 bits per heavy atom. The van der Waals surface area contributed by atoms with Crippen molar-refractivity contribution in [3.8, 4) is 11.5 Å². The number of aliphatic imine (C=N–C) groups is 1. The van der Waals surface area contributed by atoms with E-state index in [2.05, 4.69) is 11.6 Å². The fourth-order valence-corrected chi connectivity index (χ4v) is 2.91. The molecular weight excluding hydrogens is 389 g/mol. The van der Waals surface area contributed by atoms with Gasteiger partial charge in [0.15, 0.2) is 17.2 Å². The Kier molecular flexibility index (Phi) is 5.84. The summed E-state index contributed by atoms with van der Waals surface area (Å²) < 4.78 is 16.1. The molecule has 138 valence electrons. The molecule has 2 aromatic rings. The van der Waals surface area contributed by atoms with Crippen molar-refractivity contribution in [3.63, 3.8) is 0 Å². The average Bonchev–Trinajstić information content (AvgIpc) is 3.01. The fourth-order valence-electron chi connectivity index (χ4n) is 2.42. The number of hydrogen-bond acceptors (Lipinski definition) is 5. The van der Waals surface area contributed by atoms with Crippen LogP contribution >= 0.6 is 23.2 Å². The minimum Gasteiger partial charge on any atom is -0.493 e. The van der Waals surface area contributed by atoms with E-state index >= 15 is 0 Å². The molecule has 0 atom stereocenters. The van der Waals surface area contributed by atoms with Crippen LogP contribution < -0.4 is 9.47 Å². The maximum atomic E-state index is 12.2. The minimum atomic E-state index is -0.577. The van der Waals surface area contributed by atoms with E-state index < -0.39 is 5.97 Å². The van der Waals surface area contributed by atoms with Crippen LogP contribution in [-0.4, -0.2) is 25.6 Å². The van der Waals surface area contributed by atoms with Gasteiger partial charge in [-0.2, -0.15) is 0 Å². The number of ether oxygens (including phenoxy) is 3. The summed E-state index contributed by atoms with van der Waals surface area (Å²) in [4.78, 5) is 16.4. The Morgan fingerprint density at radius 1 is 1.22 bits per heavy atom. The van der Waals surface area contributed by atoms with Gasteiger partial charge in [0.2, 0.25) is 5.90 Å². The summed E-state index contributed by atoms with van der Waals surface area (Å²) in [7, 11) is 1.50. The summed E-state index contributed by atoms with van der Waals surface area (Å²) in [5.41, 5.74) is 1.28. The second kappa shape index (κ2) is 8.29. The van der Waals surface area contributed by atoms with Gasteiger partial charge in [-0.15, -0.1) is 0 Å². The molecule has 2 aromatic carbocycles. The van der Waals surface area contributed by atoms with Crippen LogP contribution in [0.25, 0.3) is 6.08 Å². The van der Waals surface area contributed by atoms with Crippen molar-refractivity contribution in [1.29, 1.82) is 0 Å². The molecule has 7 heteroatoms. The number of esters is 1. The molecule has 0 bridgehead atoms. The fraction of sp³-hybridized carbons (Fsp3) is 0.100. The third kappa shape index (κ3) is 4.15. The summed E-state index contributed by atoms with van der Waals surface area (Å²) in [6.07, 6.45) is 3.16. The molecule has 27 heavy (non-hydrogen) atoms. The molecule has 0 saturated carbocycles. The van der Waals surface area contributed by atoms with Crippen LogP contribution in [-0.2, 0) is 9.53 Å². The van der Waals surface area contributed by atoms with Crippen LogP contribution in [0.3, 0.4) is 0 Å². The van der Waals surface area contributed by atoms with Gasteiger partial charge < -0.3 is 14.2 Å². The topological polar surface area (TPSA) is 57.1 Å². The van der Waals surface area contributed by atoms with Crippen LogP contribution in [0.1, 0.15) is 11.1 Å². The predicted octanol–water partition coefficient (Wildman–Crippen LogP) is 4.91. The molecule has 1 aliphatic rings. The molecular formula is C20H15Cl2NO4. The van der Waals surface area contributed by atoms with E-state index in [4.69, 9.17) is 37.4 Å². The molecule has 0 amide bonds. The first-order chi connectivity index (χ1) is 13.0. The highest BCUT2D eigenvalue weighted by Crippen LogP contribution is 2.37. The van der Waals surface area contributed by atoms with Gasteiger partial charge in [0.25, 0.3) is 0 Å². The molecule has 0 aromatic heterocycles. The van der Waals surface area contributed by atoms with E-state index in [0.717, 1.165) is 0 Å². The lowest BCUT2D eigenvalue weighted by atomic mass is 10.1. The molecule has 0 aliphatic carbocycles. The Morgan fingerprint density at radius 3 is 2.70 bits per heavy atom. The van der Waals surface area contributed by atoms with Crippen molar-refractivity contribution < 1.29 is 19.0 Å². The van der Waals surface area contributed by atoms with Crippen molar-refractivity contribution in [1.82, 2.24) is 0 Å². The Balaban J connectivity index is 1.96. The van der Waals surface area contributed by atoms with Gasteiger partial charge >= 0.3 is 5.97 Å². The Bertz CT molecular complexity index is 966. The quantitative estimate of drug-likeness (QED) is 0.390. The zero-order valence-corrected chi connectivity index (χ0v) is 15.9. The van der Waals surface area contributed by atoms with E-state index in [1.54, 1.807) is 48.6 Å². The molecule has 0 radical (unpaired) electrons. The van der Waals surface area contributed by atoms with Gasteiger partial charge in [-0.05, 0) is 35.9 Å². The predicted molar refractivity (Wildman–Crippen MR) is 106 cm³/mol. The van der Waals surface area contributed by atoms with Gasteiger partial charge in [0.1, 0.15) is 6.61 Å². The van der Waals surface area contributed by atoms with Crippen LogP contribution in [0.4, 0.5) is 0 Å². The first kappa shape index (κ1) is 19.0. The molecule has 3 rings (SSSR count). The molecule has 5 nitrogen and oxygen atoms in total. The van der Waals surface area contributed by atoms with E-state index in [1.807, 2.05) is 0 Å². The van der Waals surface area contributed by atoms with E-state index in [0.29, 0.717) is 32.7 Å². The van der Waals surface area contributed by atoms with Crippen LogP contribution in [0, 0.1) is 0 Å². The molecule has 0 saturated heterocycles. The molecule has 0 N–H and O–H groups in total. The number of carbonyl (C=O) groups excluding carboxylic acids is 1. The maximum Gasteiger partial charge on any atom is 0.363 e. The normalized spacial score (nSPS) is 14.7. The molecule has 0 fully saturated rings. The number of halogens is 2. The van der Waals surface area contributed by atoms with Gasteiger partial charge in [-0.3, -0.25) is 0 Å². The van der Waals surface area contributed by atoms with Crippen LogP contribution in [0.15, 0.2) is 59.7 Å². The number of rotatable bonds is 6. The number of nitrogens with zero attached hydrogens (tertiary/aromatic N) is 1. The first-order valence-corrected chi connectivity index (χ1v) is 8.67. The largest absolute Gasteiger partial charge is 0.493 e. The van der Waals surface area contributed by atoms with E-state index in [9.17, 15) is 4.79 Å². The molecule has 1 heterocycles. The number of cyclic esters (lactones) is 1. The van der Waals surface area contributed by atoms with Gasteiger partial charge in [-0.25, -0.2) is 9.79 Å². The van der Waals surface area contributed by atoms with Gasteiger partial charge in [0.05, 0.1) is 22.7 Å². The zero-order chi connectivity index (χ0) is 19.4. The molecule has 1 aliphatic heterocycles. The summed E-state index contributed by atoms with van der Waals surface area (Å²) in [6, 6.07) is 10.3. The number of carbonyl (C=O) groups is 1. The zero-order valence-electron chi connectivity index (χ0n) is 14.4. The lowest BCUT2D eigenvalue weighted by molar-refractivity contribution is -0.129. The molecule has 0 spiro atoms.